The monoisotopic (exact) mass is 272 g/mol. The molecule has 0 fully saturated rings. The van der Waals surface area contributed by atoms with Crippen LogP contribution in [0, 0.1) is 0 Å². The molecule has 6 nitrogen and oxygen atoms in total. The van der Waals surface area contributed by atoms with Crippen molar-refractivity contribution in [3.05, 3.63) is 59.4 Å². The Hall–Kier alpha value is -2.89. The number of primary amides is 1. The van der Waals surface area contributed by atoms with Crippen LogP contribution >= 0.6 is 0 Å². The lowest BCUT2D eigenvalue weighted by atomic mass is 10.1. The smallest absolute Gasteiger partial charge is 0.339 e. The summed E-state index contributed by atoms with van der Waals surface area (Å²) < 4.78 is 5.42. The lowest BCUT2D eigenvalue weighted by molar-refractivity contribution is 0.0691. The summed E-state index contributed by atoms with van der Waals surface area (Å²) in [6, 6.07) is 7.98. The summed E-state index contributed by atoms with van der Waals surface area (Å²) in [5, 5.41) is 9.01. The van der Waals surface area contributed by atoms with E-state index in [1.54, 1.807) is 24.3 Å². The van der Waals surface area contributed by atoms with E-state index in [4.69, 9.17) is 15.6 Å². The zero-order valence-corrected chi connectivity index (χ0v) is 10.4. The Morgan fingerprint density at radius 2 is 2.10 bits per heavy atom. The molecule has 0 spiro atoms. The predicted molar refractivity (Wildman–Crippen MR) is 70.5 cm³/mol. The van der Waals surface area contributed by atoms with Crippen LogP contribution in [0.2, 0.25) is 0 Å². The molecule has 0 aliphatic rings. The number of nitrogens with two attached hydrogens (primary N) is 1. The molecule has 1 aromatic carbocycles. The highest BCUT2D eigenvalue weighted by molar-refractivity contribution is 5.93. The Labute approximate surface area is 114 Å². The van der Waals surface area contributed by atoms with Crippen molar-refractivity contribution in [3.63, 3.8) is 0 Å². The van der Waals surface area contributed by atoms with E-state index < -0.39 is 11.9 Å². The van der Waals surface area contributed by atoms with Gasteiger partial charge in [-0.25, -0.2) is 4.79 Å². The number of hydrogen-bond donors (Lipinski definition) is 2. The van der Waals surface area contributed by atoms with Crippen molar-refractivity contribution in [3.8, 4) is 5.75 Å². The molecule has 1 aromatic heterocycles. The molecule has 1 heterocycles. The van der Waals surface area contributed by atoms with Gasteiger partial charge in [-0.1, -0.05) is 12.1 Å². The van der Waals surface area contributed by atoms with Gasteiger partial charge in [-0.2, -0.15) is 0 Å². The summed E-state index contributed by atoms with van der Waals surface area (Å²) in [5.74, 6) is -1.45. The molecule has 0 unspecified atom stereocenters. The first-order valence-electron chi connectivity index (χ1n) is 5.77. The maximum atomic E-state index is 11.1. The van der Waals surface area contributed by atoms with Crippen molar-refractivity contribution in [2.24, 2.45) is 5.73 Å². The number of carbonyl (C=O) groups excluding carboxylic acids is 1. The third kappa shape index (κ3) is 3.11. The first-order chi connectivity index (χ1) is 9.58. The minimum Gasteiger partial charge on any atom is -0.486 e. The molecule has 0 saturated carbocycles. The molecule has 0 aliphatic heterocycles. The summed E-state index contributed by atoms with van der Waals surface area (Å²) in [7, 11) is 0. The van der Waals surface area contributed by atoms with Gasteiger partial charge in [-0.3, -0.25) is 9.78 Å². The van der Waals surface area contributed by atoms with Crippen molar-refractivity contribution in [2.75, 3.05) is 0 Å². The highest BCUT2D eigenvalue weighted by Gasteiger charge is 2.11. The fourth-order valence-electron chi connectivity index (χ4n) is 1.65. The van der Waals surface area contributed by atoms with Crippen molar-refractivity contribution < 1.29 is 19.4 Å². The number of pyridine rings is 1. The SMILES string of the molecule is NC(=O)c1cccc(COc2cnccc2C(=O)O)c1. The minimum atomic E-state index is -1.09. The van der Waals surface area contributed by atoms with E-state index in [1.807, 2.05) is 0 Å². The van der Waals surface area contributed by atoms with Gasteiger partial charge in [0.05, 0.1) is 6.20 Å². The molecular weight excluding hydrogens is 260 g/mol. The van der Waals surface area contributed by atoms with Crippen LogP contribution in [0.25, 0.3) is 0 Å². The lowest BCUT2D eigenvalue weighted by Gasteiger charge is -2.09. The second kappa shape index (κ2) is 5.83. The number of carbonyl (C=O) groups is 2. The summed E-state index contributed by atoms with van der Waals surface area (Å²) in [5.41, 5.74) is 6.30. The quantitative estimate of drug-likeness (QED) is 0.857. The molecule has 0 saturated heterocycles. The third-order valence-electron chi connectivity index (χ3n) is 2.62. The third-order valence-corrected chi connectivity index (χ3v) is 2.62. The first kappa shape index (κ1) is 13.5. The molecule has 20 heavy (non-hydrogen) atoms. The van der Waals surface area contributed by atoms with Gasteiger partial charge in [0.25, 0.3) is 0 Å². The van der Waals surface area contributed by atoms with E-state index in [9.17, 15) is 9.59 Å². The summed E-state index contributed by atoms with van der Waals surface area (Å²) in [4.78, 5) is 25.9. The Morgan fingerprint density at radius 1 is 1.30 bits per heavy atom. The number of rotatable bonds is 5. The Morgan fingerprint density at radius 3 is 2.80 bits per heavy atom. The van der Waals surface area contributed by atoms with E-state index in [2.05, 4.69) is 4.98 Å². The zero-order valence-electron chi connectivity index (χ0n) is 10.4. The zero-order chi connectivity index (χ0) is 14.5. The van der Waals surface area contributed by atoms with Crippen LogP contribution in [0.4, 0.5) is 0 Å². The van der Waals surface area contributed by atoms with Gasteiger partial charge in [0, 0.05) is 11.8 Å². The van der Waals surface area contributed by atoms with Crippen LogP contribution in [0.3, 0.4) is 0 Å². The van der Waals surface area contributed by atoms with E-state index in [-0.39, 0.29) is 17.9 Å². The van der Waals surface area contributed by atoms with E-state index in [1.165, 1.54) is 18.5 Å². The topological polar surface area (TPSA) is 103 Å². The van der Waals surface area contributed by atoms with Crippen molar-refractivity contribution in [1.82, 2.24) is 4.98 Å². The average Bonchev–Trinajstić information content (AvgIpc) is 2.45. The number of carboxylic acid groups (broad SMARTS) is 1. The summed E-state index contributed by atoms with van der Waals surface area (Å²) >= 11 is 0. The first-order valence-corrected chi connectivity index (χ1v) is 5.77. The lowest BCUT2D eigenvalue weighted by Crippen LogP contribution is -2.11. The largest absolute Gasteiger partial charge is 0.486 e. The van der Waals surface area contributed by atoms with Gasteiger partial charge in [-0.05, 0) is 23.8 Å². The fraction of sp³-hybridized carbons (Fsp3) is 0.0714. The maximum absolute atomic E-state index is 11.1. The predicted octanol–water partition coefficient (Wildman–Crippen LogP) is 1.46. The number of amides is 1. The van der Waals surface area contributed by atoms with Gasteiger partial charge in [-0.15, -0.1) is 0 Å². The van der Waals surface area contributed by atoms with Crippen LogP contribution in [0.1, 0.15) is 26.3 Å². The molecule has 6 heteroatoms. The standard InChI is InChI=1S/C14H12N2O4/c15-13(17)10-3-1-2-9(6-10)8-20-12-7-16-5-4-11(12)14(18)19/h1-7H,8H2,(H2,15,17)(H,18,19). The molecule has 0 bridgehead atoms. The molecule has 102 valence electrons. The summed E-state index contributed by atoms with van der Waals surface area (Å²) in [6.45, 7) is 0.118. The average molecular weight is 272 g/mol. The normalized spacial score (nSPS) is 10.0. The second-order valence-electron chi connectivity index (χ2n) is 4.03. The number of aromatic carboxylic acids is 1. The van der Waals surface area contributed by atoms with Gasteiger partial charge in [0.2, 0.25) is 5.91 Å². The molecule has 1 amide bonds. The number of aromatic nitrogens is 1. The summed E-state index contributed by atoms with van der Waals surface area (Å²) in [6.07, 6.45) is 2.71. The molecule has 3 N–H and O–H groups in total. The molecule has 0 aliphatic carbocycles. The molecule has 2 rings (SSSR count). The highest BCUT2D eigenvalue weighted by Crippen LogP contribution is 2.18. The van der Waals surface area contributed by atoms with Gasteiger partial charge in [0.1, 0.15) is 12.2 Å². The van der Waals surface area contributed by atoms with Crippen LogP contribution in [0.5, 0.6) is 5.75 Å². The number of benzene rings is 1. The number of nitrogens with zero attached hydrogens (tertiary/aromatic N) is 1. The minimum absolute atomic E-state index is 0.0334. The van der Waals surface area contributed by atoms with Crippen LogP contribution in [-0.2, 0) is 6.61 Å². The second-order valence-corrected chi connectivity index (χ2v) is 4.03. The van der Waals surface area contributed by atoms with Gasteiger partial charge in [0.15, 0.2) is 5.75 Å². The number of carboxylic acids is 1. The molecule has 0 radical (unpaired) electrons. The highest BCUT2D eigenvalue weighted by atomic mass is 16.5. The van der Waals surface area contributed by atoms with Gasteiger partial charge < -0.3 is 15.6 Å². The van der Waals surface area contributed by atoms with Crippen LogP contribution < -0.4 is 10.5 Å². The van der Waals surface area contributed by atoms with Crippen molar-refractivity contribution in [2.45, 2.75) is 6.61 Å². The van der Waals surface area contributed by atoms with Crippen LogP contribution in [-0.4, -0.2) is 22.0 Å². The number of ether oxygens (including phenoxy) is 1. The van der Waals surface area contributed by atoms with E-state index >= 15 is 0 Å². The molecule has 2 aromatic rings. The Balaban J connectivity index is 2.15. The van der Waals surface area contributed by atoms with Crippen LogP contribution in [0.15, 0.2) is 42.7 Å². The maximum Gasteiger partial charge on any atom is 0.339 e. The van der Waals surface area contributed by atoms with E-state index in [0.717, 1.165) is 0 Å². The Kier molecular flexibility index (Phi) is 3.95. The fourth-order valence-corrected chi connectivity index (χ4v) is 1.65. The molecular formula is C14H12N2O4. The van der Waals surface area contributed by atoms with Gasteiger partial charge >= 0.3 is 5.97 Å². The molecule has 0 atom stereocenters. The van der Waals surface area contributed by atoms with Crippen molar-refractivity contribution in [1.29, 1.82) is 0 Å². The Bertz CT molecular complexity index is 655. The van der Waals surface area contributed by atoms with E-state index in [0.29, 0.717) is 11.1 Å². The number of hydrogen-bond acceptors (Lipinski definition) is 4. The van der Waals surface area contributed by atoms with Crippen molar-refractivity contribution >= 4 is 11.9 Å².